The van der Waals surface area contributed by atoms with E-state index in [4.69, 9.17) is 5.10 Å². The fourth-order valence-corrected chi connectivity index (χ4v) is 5.46. The van der Waals surface area contributed by atoms with E-state index in [-0.39, 0.29) is 17.9 Å². The average molecular weight is 499 g/mol. The molecule has 0 spiro atoms. The third kappa shape index (κ3) is 4.12. The average Bonchev–Trinajstić information content (AvgIpc) is 3.58. The first-order chi connectivity index (χ1) is 15.5. The second-order valence-electron chi connectivity index (χ2n) is 9.80. The van der Waals surface area contributed by atoms with E-state index in [0.717, 1.165) is 54.3 Å². The van der Waals surface area contributed by atoms with Crippen LogP contribution in [0.2, 0.25) is 0 Å². The van der Waals surface area contributed by atoms with E-state index in [1.807, 2.05) is 37.3 Å². The molecule has 0 radical (unpaired) electrons. The zero-order valence-corrected chi connectivity index (χ0v) is 20.2. The topological polar surface area (TPSA) is 67.2 Å². The number of halogens is 1. The molecule has 0 saturated heterocycles. The van der Waals surface area contributed by atoms with Crippen LogP contribution in [0.5, 0.6) is 0 Å². The van der Waals surface area contributed by atoms with Crippen molar-refractivity contribution in [3.63, 3.8) is 0 Å². The number of hydrogen-bond donors (Lipinski definition) is 1. The molecule has 7 heteroatoms. The monoisotopic (exact) mass is 498 g/mol. The molecule has 5 rings (SSSR count). The van der Waals surface area contributed by atoms with E-state index in [2.05, 4.69) is 21.2 Å². The number of carbonyl (C=O) groups is 2. The van der Waals surface area contributed by atoms with E-state index < -0.39 is 5.54 Å². The molecule has 1 aliphatic heterocycles. The summed E-state index contributed by atoms with van der Waals surface area (Å²) in [4.78, 5) is 29.2. The molecule has 1 N–H and O–H groups in total. The van der Waals surface area contributed by atoms with E-state index in [0.29, 0.717) is 24.7 Å². The highest BCUT2D eigenvalue weighted by Crippen LogP contribution is 2.41. The summed E-state index contributed by atoms with van der Waals surface area (Å²) in [5.41, 5.74) is 1.57. The van der Waals surface area contributed by atoms with Gasteiger partial charge < -0.3 is 10.2 Å². The van der Waals surface area contributed by atoms with Crippen molar-refractivity contribution in [3.05, 3.63) is 51.8 Å². The summed E-state index contributed by atoms with van der Waals surface area (Å²) in [6.45, 7) is 2.65. The van der Waals surface area contributed by atoms with Gasteiger partial charge in [-0.2, -0.15) is 5.10 Å². The Labute approximate surface area is 197 Å². The van der Waals surface area contributed by atoms with Gasteiger partial charge in [0.25, 0.3) is 5.91 Å². The van der Waals surface area contributed by atoms with Gasteiger partial charge in [-0.25, -0.2) is 0 Å². The summed E-state index contributed by atoms with van der Waals surface area (Å²) in [6, 6.07) is 10.0. The summed E-state index contributed by atoms with van der Waals surface area (Å²) < 4.78 is 2.72. The Kier molecular flexibility index (Phi) is 5.86. The van der Waals surface area contributed by atoms with Crippen LogP contribution in [-0.2, 0) is 17.9 Å². The van der Waals surface area contributed by atoms with Crippen molar-refractivity contribution in [2.45, 2.75) is 88.9 Å². The summed E-state index contributed by atoms with van der Waals surface area (Å²) in [7, 11) is 0. The third-order valence-corrected chi connectivity index (χ3v) is 8.05. The molecule has 170 valence electrons. The van der Waals surface area contributed by atoms with E-state index in [1.165, 1.54) is 12.8 Å². The predicted molar refractivity (Wildman–Crippen MR) is 126 cm³/mol. The number of nitrogens with zero attached hydrogens (tertiary/aromatic N) is 3. The van der Waals surface area contributed by atoms with Crippen LogP contribution in [0.4, 0.5) is 0 Å². The van der Waals surface area contributed by atoms with Crippen LogP contribution in [0.3, 0.4) is 0 Å². The second kappa shape index (κ2) is 8.65. The third-order valence-electron chi connectivity index (χ3n) is 7.28. The molecular weight excluding hydrogens is 468 g/mol. The number of benzene rings is 1. The van der Waals surface area contributed by atoms with Crippen LogP contribution < -0.4 is 5.32 Å². The maximum absolute atomic E-state index is 13.7. The molecule has 6 nitrogen and oxygen atoms in total. The first kappa shape index (κ1) is 21.7. The number of aromatic nitrogens is 2. The van der Waals surface area contributed by atoms with Gasteiger partial charge in [0.15, 0.2) is 0 Å². The summed E-state index contributed by atoms with van der Waals surface area (Å²) in [5, 5.41) is 8.05. The Bertz CT molecular complexity index is 1020. The highest BCUT2D eigenvalue weighted by atomic mass is 79.9. The lowest BCUT2D eigenvalue weighted by molar-refractivity contribution is -0.134. The van der Waals surface area contributed by atoms with Crippen molar-refractivity contribution in [2.24, 2.45) is 0 Å². The molecule has 0 bridgehead atoms. The molecule has 2 aliphatic carbocycles. The lowest BCUT2D eigenvalue weighted by Crippen LogP contribution is -2.64. The molecule has 2 heterocycles. The Morgan fingerprint density at radius 3 is 2.56 bits per heavy atom. The maximum atomic E-state index is 13.7. The highest BCUT2D eigenvalue weighted by molar-refractivity contribution is 9.10. The summed E-state index contributed by atoms with van der Waals surface area (Å²) >= 11 is 3.61. The van der Waals surface area contributed by atoms with Crippen LogP contribution in [0.15, 0.2) is 34.8 Å². The molecule has 2 aromatic rings. The van der Waals surface area contributed by atoms with Gasteiger partial charge in [0.05, 0.1) is 12.2 Å². The fourth-order valence-electron chi connectivity index (χ4n) is 5.05. The van der Waals surface area contributed by atoms with Crippen LogP contribution >= 0.6 is 15.9 Å². The van der Waals surface area contributed by atoms with Crippen molar-refractivity contribution in [1.82, 2.24) is 20.0 Å². The van der Waals surface area contributed by atoms with Gasteiger partial charge in [0.1, 0.15) is 11.2 Å². The minimum Gasteiger partial charge on any atom is -0.351 e. The van der Waals surface area contributed by atoms with Crippen LogP contribution in [0.25, 0.3) is 0 Å². The molecule has 2 amide bonds. The largest absolute Gasteiger partial charge is 0.351 e. The maximum Gasteiger partial charge on any atom is 0.273 e. The molecule has 2 fully saturated rings. The van der Waals surface area contributed by atoms with Gasteiger partial charge in [-0.3, -0.25) is 14.3 Å². The van der Waals surface area contributed by atoms with Crippen molar-refractivity contribution >= 4 is 27.7 Å². The lowest BCUT2D eigenvalue weighted by Gasteiger charge is -2.44. The van der Waals surface area contributed by atoms with Crippen molar-refractivity contribution in [3.8, 4) is 0 Å². The Hall–Kier alpha value is -2.15. The van der Waals surface area contributed by atoms with Gasteiger partial charge in [-0.1, -0.05) is 59.8 Å². The van der Waals surface area contributed by atoms with Crippen molar-refractivity contribution < 1.29 is 9.59 Å². The number of rotatable bonds is 5. The van der Waals surface area contributed by atoms with Gasteiger partial charge in [0.2, 0.25) is 5.91 Å². The predicted octanol–water partition coefficient (Wildman–Crippen LogP) is 4.78. The fraction of sp³-hybridized carbons (Fsp3) is 0.560. The number of amides is 2. The zero-order valence-electron chi connectivity index (χ0n) is 18.6. The molecule has 32 heavy (non-hydrogen) atoms. The van der Waals surface area contributed by atoms with Crippen LogP contribution in [0, 0.1) is 0 Å². The normalized spacial score (nSPS) is 24.2. The standard InChI is InChI=1S/C25H31BrN4O2/c1-25(24(32)27-19-9-4-2-3-5-10-19)16-30-22(14-21(28-30)17-12-13-17)23(31)29(25)15-18-8-6-7-11-20(18)26/h6-8,11,14,17,19H,2-5,9-10,12-13,15-16H2,1H3,(H,27,32)/t25-/m1/s1. The van der Waals surface area contributed by atoms with Gasteiger partial charge in [0, 0.05) is 23.0 Å². The molecular formula is C25H31BrN4O2. The molecule has 1 aromatic heterocycles. The first-order valence-electron chi connectivity index (χ1n) is 11.9. The Morgan fingerprint density at radius 2 is 1.88 bits per heavy atom. The van der Waals surface area contributed by atoms with E-state index in [1.54, 1.807) is 9.58 Å². The number of carbonyl (C=O) groups excluding carboxylic acids is 2. The Morgan fingerprint density at radius 1 is 1.16 bits per heavy atom. The van der Waals surface area contributed by atoms with Crippen LogP contribution in [-0.4, -0.2) is 38.1 Å². The molecule has 0 unspecified atom stereocenters. The second-order valence-corrected chi connectivity index (χ2v) is 10.7. The van der Waals surface area contributed by atoms with Crippen molar-refractivity contribution in [1.29, 1.82) is 0 Å². The molecule has 3 aliphatic rings. The van der Waals surface area contributed by atoms with Gasteiger partial charge >= 0.3 is 0 Å². The molecule has 2 saturated carbocycles. The molecule has 1 aromatic carbocycles. The highest BCUT2D eigenvalue weighted by Gasteiger charge is 2.49. The summed E-state index contributed by atoms with van der Waals surface area (Å²) in [5.74, 6) is 0.271. The van der Waals surface area contributed by atoms with Gasteiger partial charge in [-0.05, 0) is 50.3 Å². The number of fused-ring (bicyclic) bond motifs is 1. The Balaban J connectivity index is 1.48. The summed E-state index contributed by atoms with van der Waals surface area (Å²) in [6.07, 6.45) is 9.05. The molecule has 1 atom stereocenters. The van der Waals surface area contributed by atoms with E-state index >= 15 is 0 Å². The smallest absolute Gasteiger partial charge is 0.273 e. The van der Waals surface area contributed by atoms with E-state index in [9.17, 15) is 9.59 Å². The SMILES string of the molecule is C[C@]1(C(=O)NC2CCCCCC2)Cn2nc(C3CC3)cc2C(=O)N1Cc1ccccc1Br. The lowest BCUT2D eigenvalue weighted by atomic mass is 9.93. The van der Waals surface area contributed by atoms with Crippen LogP contribution in [0.1, 0.15) is 86.0 Å². The number of nitrogens with one attached hydrogen (secondary N) is 1. The minimum absolute atomic E-state index is 0.0704. The first-order valence-corrected chi connectivity index (χ1v) is 12.7. The quantitative estimate of drug-likeness (QED) is 0.603. The zero-order chi connectivity index (χ0) is 22.3. The van der Waals surface area contributed by atoms with Crippen molar-refractivity contribution in [2.75, 3.05) is 0 Å². The number of hydrogen-bond acceptors (Lipinski definition) is 3. The minimum atomic E-state index is -1.00. The van der Waals surface area contributed by atoms with Gasteiger partial charge in [-0.15, -0.1) is 0 Å².